The Bertz CT molecular complexity index is 969. The maximum absolute atomic E-state index is 13.6. The molecule has 0 saturated carbocycles. The van der Waals surface area contributed by atoms with Gasteiger partial charge in [-0.15, -0.1) is 0 Å². The van der Waals surface area contributed by atoms with E-state index in [0.29, 0.717) is 23.8 Å². The molecule has 0 spiro atoms. The molecule has 1 atom stereocenters. The largest absolute Gasteiger partial charge is 0.497 e. The number of methoxy groups -OCH3 is 1. The van der Waals surface area contributed by atoms with Crippen LogP contribution in [0.25, 0.3) is 10.2 Å². The summed E-state index contributed by atoms with van der Waals surface area (Å²) in [6, 6.07) is 11.3. The molecule has 7 heteroatoms. The number of amides is 1. The summed E-state index contributed by atoms with van der Waals surface area (Å²) >= 11 is 1.41. The van der Waals surface area contributed by atoms with Crippen molar-refractivity contribution in [2.24, 2.45) is 0 Å². The predicted octanol–water partition coefficient (Wildman–Crippen LogP) is 4.27. The first-order valence-electron chi connectivity index (χ1n) is 8.77. The van der Waals surface area contributed by atoms with Crippen LogP contribution >= 0.6 is 11.3 Å². The average Bonchev–Trinajstić information content (AvgIpc) is 3.34. The first-order valence-corrected chi connectivity index (χ1v) is 9.59. The molecule has 5 nitrogen and oxygen atoms in total. The molecule has 0 radical (unpaired) electrons. The van der Waals surface area contributed by atoms with Crippen LogP contribution in [0.1, 0.15) is 23.2 Å². The maximum Gasteiger partial charge on any atom is 0.260 e. The smallest absolute Gasteiger partial charge is 0.260 e. The van der Waals surface area contributed by atoms with E-state index < -0.39 is 5.82 Å². The summed E-state index contributed by atoms with van der Waals surface area (Å²) in [7, 11) is 1.61. The van der Waals surface area contributed by atoms with Gasteiger partial charge in [0.25, 0.3) is 5.91 Å². The number of benzene rings is 2. The second kappa shape index (κ2) is 7.62. The van der Waals surface area contributed by atoms with Crippen LogP contribution in [0, 0.1) is 5.82 Å². The molecule has 27 heavy (non-hydrogen) atoms. The van der Waals surface area contributed by atoms with Crippen molar-refractivity contribution < 1.29 is 18.7 Å². The van der Waals surface area contributed by atoms with Gasteiger partial charge in [0.2, 0.25) is 0 Å². The van der Waals surface area contributed by atoms with Crippen molar-refractivity contribution in [2.75, 3.05) is 25.2 Å². The molecule has 4 rings (SSSR count). The topological polar surface area (TPSA) is 51.7 Å². The number of halogens is 1. The van der Waals surface area contributed by atoms with Crippen LogP contribution < -0.4 is 9.64 Å². The number of hydrogen-bond acceptors (Lipinski definition) is 5. The van der Waals surface area contributed by atoms with Gasteiger partial charge >= 0.3 is 0 Å². The van der Waals surface area contributed by atoms with Gasteiger partial charge < -0.3 is 9.47 Å². The molecule has 0 N–H and O–H groups in total. The Hall–Kier alpha value is -2.51. The lowest BCUT2D eigenvalue weighted by atomic mass is 10.1. The van der Waals surface area contributed by atoms with Crippen LogP contribution in [-0.4, -0.2) is 37.3 Å². The first-order chi connectivity index (χ1) is 13.1. The molecule has 0 bridgehead atoms. The van der Waals surface area contributed by atoms with Crippen LogP contribution in [0.5, 0.6) is 5.75 Å². The third kappa shape index (κ3) is 3.79. The molecule has 3 aromatic rings. The molecule has 2 heterocycles. The number of carbonyl (C=O) groups is 1. The summed E-state index contributed by atoms with van der Waals surface area (Å²) in [6.45, 7) is 1.09. The van der Waals surface area contributed by atoms with Gasteiger partial charge in [0, 0.05) is 12.2 Å². The highest BCUT2D eigenvalue weighted by Crippen LogP contribution is 2.33. The minimum atomic E-state index is -0.438. The Morgan fingerprint density at radius 3 is 3.00 bits per heavy atom. The highest BCUT2D eigenvalue weighted by Gasteiger charge is 2.27. The van der Waals surface area contributed by atoms with Gasteiger partial charge in [-0.2, -0.15) is 0 Å². The van der Waals surface area contributed by atoms with E-state index in [2.05, 4.69) is 4.98 Å². The molecule has 2 aromatic carbocycles. The number of ether oxygens (including phenoxy) is 2. The van der Waals surface area contributed by atoms with Crippen molar-refractivity contribution in [3.05, 3.63) is 53.8 Å². The number of carbonyl (C=O) groups excluding carboxylic acids is 1. The van der Waals surface area contributed by atoms with Crippen molar-refractivity contribution in [1.29, 1.82) is 0 Å². The predicted molar refractivity (Wildman–Crippen MR) is 103 cm³/mol. The number of nitrogens with zero attached hydrogens (tertiary/aromatic N) is 2. The van der Waals surface area contributed by atoms with Gasteiger partial charge in [0.15, 0.2) is 5.13 Å². The summed E-state index contributed by atoms with van der Waals surface area (Å²) in [6.07, 6.45) is 1.83. The lowest BCUT2D eigenvalue weighted by Gasteiger charge is -2.23. The number of hydrogen-bond donors (Lipinski definition) is 0. The van der Waals surface area contributed by atoms with Crippen molar-refractivity contribution >= 4 is 32.6 Å². The number of fused-ring (bicyclic) bond motifs is 1. The second-order valence-electron chi connectivity index (χ2n) is 6.39. The Morgan fingerprint density at radius 1 is 1.37 bits per heavy atom. The summed E-state index contributed by atoms with van der Waals surface area (Å²) in [5, 5.41) is 0.572. The molecule has 1 aromatic heterocycles. The highest BCUT2D eigenvalue weighted by atomic mass is 32.1. The second-order valence-corrected chi connectivity index (χ2v) is 7.40. The maximum atomic E-state index is 13.6. The lowest BCUT2D eigenvalue weighted by molar-refractivity contribution is 0.0917. The Balaban J connectivity index is 1.71. The van der Waals surface area contributed by atoms with Gasteiger partial charge in [-0.25, -0.2) is 9.37 Å². The quantitative estimate of drug-likeness (QED) is 0.657. The van der Waals surface area contributed by atoms with E-state index in [0.717, 1.165) is 28.8 Å². The molecule has 1 saturated heterocycles. The standard InChI is InChI=1S/C20H19FN2O3S/c1-25-15-7-8-17-18(11-15)27-20(22-17)23(12-16-6-3-9-26-16)19(24)13-4-2-5-14(21)10-13/h2,4-5,7-8,10-11,16H,3,6,9,12H2,1H3. The molecule has 140 valence electrons. The van der Waals surface area contributed by atoms with Crippen molar-refractivity contribution in [1.82, 2.24) is 4.98 Å². The molecule has 1 amide bonds. The number of rotatable bonds is 5. The van der Waals surface area contributed by atoms with E-state index in [1.54, 1.807) is 18.1 Å². The van der Waals surface area contributed by atoms with Gasteiger partial charge in [-0.3, -0.25) is 9.69 Å². The minimum absolute atomic E-state index is 0.0379. The molecular weight excluding hydrogens is 367 g/mol. The number of aromatic nitrogens is 1. The Kier molecular flexibility index (Phi) is 5.05. The first kappa shape index (κ1) is 17.9. The molecule has 0 aliphatic carbocycles. The van der Waals surface area contributed by atoms with Crippen molar-refractivity contribution in [3.8, 4) is 5.75 Å². The summed E-state index contributed by atoms with van der Waals surface area (Å²) < 4.78 is 25.5. The number of anilines is 1. The molecule has 1 aliphatic rings. The van der Waals surface area contributed by atoms with Gasteiger partial charge in [-0.05, 0) is 49.2 Å². The van der Waals surface area contributed by atoms with Crippen LogP contribution in [0.3, 0.4) is 0 Å². The highest BCUT2D eigenvalue weighted by molar-refractivity contribution is 7.22. The van der Waals surface area contributed by atoms with Gasteiger partial charge in [0.1, 0.15) is 11.6 Å². The zero-order chi connectivity index (χ0) is 18.8. The lowest BCUT2D eigenvalue weighted by Crippen LogP contribution is -2.37. The van der Waals surface area contributed by atoms with Crippen LogP contribution in [0.2, 0.25) is 0 Å². The zero-order valence-electron chi connectivity index (χ0n) is 14.9. The summed E-state index contributed by atoms with van der Waals surface area (Å²) in [4.78, 5) is 19.3. The molecule has 1 unspecified atom stereocenters. The summed E-state index contributed by atoms with van der Waals surface area (Å²) in [5.41, 5.74) is 1.09. The van der Waals surface area contributed by atoms with E-state index in [1.165, 1.54) is 29.5 Å². The van der Waals surface area contributed by atoms with Crippen molar-refractivity contribution in [3.63, 3.8) is 0 Å². The van der Waals surface area contributed by atoms with Crippen LogP contribution in [0.15, 0.2) is 42.5 Å². The Morgan fingerprint density at radius 2 is 2.26 bits per heavy atom. The molecular formula is C20H19FN2O3S. The van der Waals surface area contributed by atoms with E-state index >= 15 is 0 Å². The van der Waals surface area contributed by atoms with Crippen LogP contribution in [-0.2, 0) is 4.74 Å². The fourth-order valence-electron chi connectivity index (χ4n) is 3.15. The van der Waals surface area contributed by atoms with E-state index in [9.17, 15) is 9.18 Å². The van der Waals surface area contributed by atoms with E-state index in [-0.39, 0.29) is 12.0 Å². The van der Waals surface area contributed by atoms with Gasteiger partial charge in [0.05, 0.1) is 30.0 Å². The third-order valence-electron chi connectivity index (χ3n) is 4.54. The fourth-order valence-corrected chi connectivity index (χ4v) is 4.15. The molecule has 1 aliphatic heterocycles. The van der Waals surface area contributed by atoms with E-state index in [4.69, 9.17) is 9.47 Å². The third-order valence-corrected chi connectivity index (χ3v) is 5.58. The fraction of sp³-hybridized carbons (Fsp3) is 0.300. The van der Waals surface area contributed by atoms with E-state index in [1.807, 2.05) is 18.2 Å². The van der Waals surface area contributed by atoms with Gasteiger partial charge in [-0.1, -0.05) is 17.4 Å². The molecule has 1 fully saturated rings. The SMILES string of the molecule is COc1ccc2nc(N(CC3CCCO3)C(=O)c3cccc(F)c3)sc2c1. The van der Waals surface area contributed by atoms with Crippen molar-refractivity contribution in [2.45, 2.75) is 18.9 Å². The minimum Gasteiger partial charge on any atom is -0.497 e. The zero-order valence-corrected chi connectivity index (χ0v) is 15.7. The number of thiazole rings is 1. The normalized spacial score (nSPS) is 16.6. The monoisotopic (exact) mass is 386 g/mol. The van der Waals surface area contributed by atoms with Crippen LogP contribution in [0.4, 0.5) is 9.52 Å². The Labute approximate surface area is 160 Å². The summed E-state index contributed by atoms with van der Waals surface area (Å²) in [5.74, 6) is 0.0165. The average molecular weight is 386 g/mol.